The normalized spacial score (nSPS) is 17.3. The topological polar surface area (TPSA) is 44.6 Å². The minimum Gasteiger partial charge on any atom is -0.370 e. The minimum atomic E-state index is -4.34. The second-order valence-corrected chi connectivity index (χ2v) is 10.2. The van der Waals surface area contributed by atoms with Crippen molar-refractivity contribution in [2.24, 2.45) is 0 Å². The van der Waals surface area contributed by atoms with Crippen molar-refractivity contribution in [2.75, 3.05) is 51.2 Å². The van der Waals surface area contributed by atoms with Crippen LogP contribution in [0.4, 0.5) is 18.9 Å². The Bertz CT molecular complexity index is 1250. The van der Waals surface area contributed by atoms with E-state index in [1.807, 2.05) is 4.90 Å². The number of thiophene rings is 1. The first-order valence-corrected chi connectivity index (χ1v) is 12.4. The largest absolute Gasteiger partial charge is 0.416 e. The van der Waals surface area contributed by atoms with E-state index in [2.05, 4.69) is 21.8 Å². The van der Waals surface area contributed by atoms with Gasteiger partial charge in [0.05, 0.1) is 17.3 Å². The molecule has 3 aromatic rings. The highest BCUT2D eigenvalue weighted by Crippen LogP contribution is 2.33. The zero-order valence-corrected chi connectivity index (χ0v) is 22.4. The maximum Gasteiger partial charge on any atom is 0.416 e. The van der Waals surface area contributed by atoms with Crippen LogP contribution in [0.15, 0.2) is 35.4 Å². The van der Waals surface area contributed by atoms with E-state index < -0.39 is 11.7 Å². The predicted octanol–water partition coefficient (Wildman–Crippen LogP) is 4.52. The van der Waals surface area contributed by atoms with E-state index in [0.717, 1.165) is 60.9 Å². The second kappa shape index (κ2) is 11.7. The van der Waals surface area contributed by atoms with E-state index in [4.69, 9.17) is 0 Å². The van der Waals surface area contributed by atoms with Crippen LogP contribution in [0.5, 0.6) is 0 Å². The third kappa shape index (κ3) is 5.99. The van der Waals surface area contributed by atoms with Crippen molar-refractivity contribution in [3.8, 4) is 0 Å². The maximum atomic E-state index is 13.2. The molecule has 0 amide bonds. The molecule has 2 aliphatic heterocycles. The molecule has 2 aromatic heterocycles. The number of hydrogen-bond acceptors (Lipinski definition) is 6. The first-order chi connectivity index (χ1) is 16.3. The third-order valence-corrected chi connectivity index (χ3v) is 7.93. The van der Waals surface area contributed by atoms with Crippen molar-refractivity contribution in [1.82, 2.24) is 19.4 Å². The van der Waals surface area contributed by atoms with Crippen LogP contribution in [0.2, 0.25) is 0 Å². The van der Waals surface area contributed by atoms with Crippen molar-refractivity contribution >= 4 is 52.1 Å². The number of alkyl halides is 3. The maximum absolute atomic E-state index is 13.2. The first kappa shape index (κ1) is 28.7. The average molecular weight is 565 g/mol. The number of anilines is 1. The minimum absolute atomic E-state index is 0. The lowest BCUT2D eigenvalue weighted by atomic mass is 10.1. The highest BCUT2D eigenvalue weighted by atomic mass is 35.5. The SMILES string of the molecule is CN1CCc2c(sc3ncn(CCN4CCCN(c5cccc(C(F)(F)F)c5)CC4)c(=O)c23)C1.Cl.Cl. The smallest absolute Gasteiger partial charge is 0.370 e. The molecule has 1 aromatic carbocycles. The van der Waals surface area contributed by atoms with E-state index in [-0.39, 0.29) is 30.4 Å². The number of nitrogens with zero attached hydrogens (tertiary/aromatic N) is 5. The highest BCUT2D eigenvalue weighted by molar-refractivity contribution is 7.18. The Labute approximate surface area is 224 Å². The van der Waals surface area contributed by atoms with Gasteiger partial charge in [0.1, 0.15) is 4.83 Å². The van der Waals surface area contributed by atoms with Gasteiger partial charge in [0.15, 0.2) is 0 Å². The summed E-state index contributed by atoms with van der Waals surface area (Å²) in [5.74, 6) is 0. The standard InChI is InChI=1S/C24H28F3N5OS.2ClH/c1-29-9-6-19-20(15-29)34-22-21(19)23(33)32(16-28-22)13-11-30-7-3-8-31(12-10-30)18-5-2-4-17(14-18)24(25,26)27;;/h2,4-5,14,16H,3,6-13,15H2,1H3;2*1H. The lowest BCUT2D eigenvalue weighted by Crippen LogP contribution is -2.34. The molecule has 4 heterocycles. The summed E-state index contributed by atoms with van der Waals surface area (Å²) in [5, 5.41) is 0.780. The van der Waals surface area contributed by atoms with E-state index in [1.165, 1.54) is 17.0 Å². The van der Waals surface area contributed by atoms with Crippen molar-refractivity contribution < 1.29 is 13.2 Å². The molecule has 5 rings (SSSR count). The molecule has 0 N–H and O–H groups in total. The van der Waals surface area contributed by atoms with Gasteiger partial charge in [0.25, 0.3) is 5.56 Å². The fraction of sp³-hybridized carbons (Fsp3) is 0.500. The number of aromatic nitrogens is 2. The molecule has 2 aliphatic rings. The Morgan fingerprint density at radius 3 is 2.64 bits per heavy atom. The highest BCUT2D eigenvalue weighted by Gasteiger charge is 2.31. The van der Waals surface area contributed by atoms with Gasteiger partial charge in [-0.15, -0.1) is 36.2 Å². The fourth-order valence-electron chi connectivity index (χ4n) is 4.89. The molecule has 0 saturated carbocycles. The number of likely N-dealkylation sites (N-methyl/N-ethyl adjacent to an activating group) is 1. The van der Waals surface area contributed by atoms with Gasteiger partial charge in [-0.2, -0.15) is 13.2 Å². The van der Waals surface area contributed by atoms with Crippen molar-refractivity contribution in [3.05, 3.63) is 57.0 Å². The van der Waals surface area contributed by atoms with Gasteiger partial charge < -0.3 is 9.80 Å². The molecule has 198 valence electrons. The summed E-state index contributed by atoms with van der Waals surface area (Å²) in [6.07, 6.45) is -0.949. The van der Waals surface area contributed by atoms with Crippen LogP contribution in [0.25, 0.3) is 10.2 Å². The summed E-state index contributed by atoms with van der Waals surface area (Å²) in [7, 11) is 2.09. The second-order valence-electron chi connectivity index (χ2n) is 9.15. The third-order valence-electron chi connectivity index (χ3n) is 6.80. The summed E-state index contributed by atoms with van der Waals surface area (Å²) >= 11 is 1.62. The Morgan fingerprint density at radius 2 is 1.86 bits per heavy atom. The van der Waals surface area contributed by atoms with Gasteiger partial charge in [-0.05, 0) is 50.2 Å². The van der Waals surface area contributed by atoms with Crippen molar-refractivity contribution in [1.29, 1.82) is 0 Å². The van der Waals surface area contributed by atoms with Crippen LogP contribution in [-0.2, 0) is 25.7 Å². The first-order valence-electron chi connectivity index (χ1n) is 11.6. The van der Waals surface area contributed by atoms with E-state index >= 15 is 0 Å². The van der Waals surface area contributed by atoms with Crippen molar-refractivity contribution in [3.63, 3.8) is 0 Å². The molecule has 36 heavy (non-hydrogen) atoms. The van der Waals surface area contributed by atoms with Crippen LogP contribution in [-0.4, -0.2) is 65.7 Å². The van der Waals surface area contributed by atoms with Gasteiger partial charge in [-0.25, -0.2) is 4.98 Å². The van der Waals surface area contributed by atoms with Gasteiger partial charge in [-0.1, -0.05) is 6.07 Å². The summed E-state index contributed by atoms with van der Waals surface area (Å²) in [6, 6.07) is 5.55. The van der Waals surface area contributed by atoms with Crippen LogP contribution < -0.4 is 10.5 Å². The van der Waals surface area contributed by atoms with Crippen LogP contribution in [0.1, 0.15) is 22.4 Å². The monoisotopic (exact) mass is 563 g/mol. The van der Waals surface area contributed by atoms with Gasteiger partial charge >= 0.3 is 6.18 Å². The molecular formula is C24H30Cl2F3N5OS. The molecule has 0 atom stereocenters. The molecule has 1 saturated heterocycles. The summed E-state index contributed by atoms with van der Waals surface area (Å²) in [4.78, 5) is 26.4. The molecular weight excluding hydrogens is 534 g/mol. The van der Waals surface area contributed by atoms with Crippen molar-refractivity contribution in [2.45, 2.75) is 32.1 Å². The van der Waals surface area contributed by atoms with Gasteiger partial charge in [-0.3, -0.25) is 14.3 Å². The van der Waals surface area contributed by atoms with E-state index in [1.54, 1.807) is 28.3 Å². The molecule has 0 unspecified atom stereocenters. The lowest BCUT2D eigenvalue weighted by Gasteiger charge is -2.24. The Hall–Kier alpha value is -1.85. The number of rotatable bonds is 4. The predicted molar refractivity (Wildman–Crippen MR) is 143 cm³/mol. The molecule has 0 spiro atoms. The molecule has 6 nitrogen and oxygen atoms in total. The number of hydrogen-bond donors (Lipinski definition) is 0. The van der Waals surface area contributed by atoms with Gasteiger partial charge in [0.2, 0.25) is 0 Å². The fourth-order valence-corrected chi connectivity index (χ4v) is 6.14. The van der Waals surface area contributed by atoms with Crippen LogP contribution >= 0.6 is 36.2 Å². The van der Waals surface area contributed by atoms with Crippen LogP contribution in [0.3, 0.4) is 0 Å². The average Bonchev–Trinajstić information content (AvgIpc) is 3.00. The summed E-state index contributed by atoms with van der Waals surface area (Å²) in [6.45, 7) is 6.02. The summed E-state index contributed by atoms with van der Waals surface area (Å²) in [5.41, 5.74) is 1.19. The molecule has 0 bridgehead atoms. The number of fused-ring (bicyclic) bond motifs is 3. The molecule has 12 heteroatoms. The number of halogens is 5. The Balaban J connectivity index is 0.00000180. The Morgan fingerprint density at radius 1 is 1.06 bits per heavy atom. The lowest BCUT2D eigenvalue weighted by molar-refractivity contribution is -0.137. The van der Waals surface area contributed by atoms with Crippen LogP contribution in [0, 0.1) is 0 Å². The Kier molecular flexibility index (Phi) is 9.32. The zero-order valence-electron chi connectivity index (χ0n) is 20.0. The van der Waals surface area contributed by atoms with E-state index in [9.17, 15) is 18.0 Å². The molecule has 0 radical (unpaired) electrons. The van der Waals surface area contributed by atoms with E-state index in [0.29, 0.717) is 31.9 Å². The molecule has 1 fully saturated rings. The summed E-state index contributed by atoms with van der Waals surface area (Å²) < 4.78 is 41.0. The van der Waals surface area contributed by atoms with Gasteiger partial charge in [0, 0.05) is 56.4 Å². The number of benzene rings is 1. The molecule has 0 aliphatic carbocycles. The quantitative estimate of drug-likeness (QED) is 0.467. The zero-order chi connectivity index (χ0) is 23.9.